The van der Waals surface area contributed by atoms with Crippen molar-refractivity contribution in [3.05, 3.63) is 88.7 Å². The summed E-state index contributed by atoms with van der Waals surface area (Å²) in [6, 6.07) is 11.3. The van der Waals surface area contributed by atoms with Gasteiger partial charge in [-0.3, -0.25) is 19.4 Å². The number of anilines is 1. The van der Waals surface area contributed by atoms with Gasteiger partial charge < -0.3 is 20.5 Å². The van der Waals surface area contributed by atoms with Gasteiger partial charge in [-0.2, -0.15) is 13.2 Å². The van der Waals surface area contributed by atoms with Gasteiger partial charge in [0, 0.05) is 24.0 Å². The van der Waals surface area contributed by atoms with Gasteiger partial charge in [0.1, 0.15) is 23.2 Å². The summed E-state index contributed by atoms with van der Waals surface area (Å²) < 4.78 is 44.7. The maximum atomic E-state index is 13.0. The third-order valence-corrected chi connectivity index (χ3v) is 5.07. The van der Waals surface area contributed by atoms with E-state index in [2.05, 4.69) is 15.6 Å². The number of aliphatic carboxylic acids is 1. The third kappa shape index (κ3) is 7.80. The van der Waals surface area contributed by atoms with E-state index < -0.39 is 40.6 Å². The zero-order chi connectivity index (χ0) is 27.2. The molecule has 0 spiro atoms. The predicted molar refractivity (Wildman–Crippen MR) is 129 cm³/mol. The number of pyridine rings is 1. The quantitative estimate of drug-likeness (QED) is 0.334. The van der Waals surface area contributed by atoms with E-state index in [0.717, 1.165) is 18.2 Å². The number of rotatable bonds is 8. The lowest BCUT2D eigenvalue weighted by Crippen LogP contribution is -2.38. The summed E-state index contributed by atoms with van der Waals surface area (Å²) in [5.74, 6) is -1.94. The first-order valence-electron chi connectivity index (χ1n) is 10.6. The number of benzene rings is 2. The summed E-state index contributed by atoms with van der Waals surface area (Å²) in [7, 11) is 0. The number of nitrogens with zero attached hydrogens (tertiary/aromatic N) is 1. The number of carbonyl (C=O) groups excluding carboxylic acids is 2. The number of aromatic nitrogens is 1. The van der Waals surface area contributed by atoms with Crippen LogP contribution in [0.2, 0.25) is 5.02 Å². The fourth-order valence-electron chi connectivity index (χ4n) is 2.93. The van der Waals surface area contributed by atoms with Gasteiger partial charge in [-0.25, -0.2) is 0 Å². The fraction of sp³-hybridized carbons (Fsp3) is 0.120. The van der Waals surface area contributed by atoms with Crippen molar-refractivity contribution >= 4 is 41.1 Å². The highest BCUT2D eigenvalue weighted by Gasteiger charge is 2.33. The normalized spacial score (nSPS) is 12.1. The summed E-state index contributed by atoms with van der Waals surface area (Å²) in [5.41, 5.74) is -0.635. The molecule has 0 saturated heterocycles. The topological polar surface area (TPSA) is 118 Å². The number of alkyl halides is 3. The van der Waals surface area contributed by atoms with Crippen molar-refractivity contribution in [2.75, 3.05) is 5.32 Å². The van der Waals surface area contributed by atoms with Crippen LogP contribution < -0.4 is 15.4 Å². The molecule has 3 N–H and O–H groups in total. The van der Waals surface area contributed by atoms with E-state index in [1.165, 1.54) is 37.4 Å². The minimum absolute atomic E-state index is 0.0470. The molecule has 1 heterocycles. The van der Waals surface area contributed by atoms with E-state index >= 15 is 0 Å². The molecular formula is C25H19ClF3N3O5. The number of hydrogen-bond acceptors (Lipinski definition) is 5. The molecule has 1 unspecified atom stereocenters. The van der Waals surface area contributed by atoms with Crippen LogP contribution in [0.5, 0.6) is 11.5 Å². The number of ether oxygens (including phenoxy) is 1. The second kappa shape index (κ2) is 11.6. The van der Waals surface area contributed by atoms with Crippen LogP contribution in [0.25, 0.3) is 6.08 Å². The number of halogens is 4. The average Bonchev–Trinajstić information content (AvgIpc) is 2.83. The molecule has 1 atom stereocenters. The van der Waals surface area contributed by atoms with Gasteiger partial charge in [-0.05, 0) is 55.0 Å². The Bertz CT molecular complexity index is 1360. The minimum Gasteiger partial charge on any atom is -0.480 e. The summed E-state index contributed by atoms with van der Waals surface area (Å²) >= 11 is 5.58. The van der Waals surface area contributed by atoms with Gasteiger partial charge in [-0.1, -0.05) is 23.7 Å². The summed E-state index contributed by atoms with van der Waals surface area (Å²) in [6.07, 6.45) is -0.768. The van der Waals surface area contributed by atoms with Crippen molar-refractivity contribution in [1.82, 2.24) is 10.3 Å². The minimum atomic E-state index is -4.66. The Balaban J connectivity index is 1.67. The highest BCUT2D eigenvalue weighted by Crippen LogP contribution is 2.36. The first kappa shape index (κ1) is 27.2. The van der Waals surface area contributed by atoms with E-state index in [9.17, 15) is 27.6 Å². The van der Waals surface area contributed by atoms with Crippen molar-refractivity contribution < 1.29 is 37.4 Å². The van der Waals surface area contributed by atoms with Gasteiger partial charge in [0.2, 0.25) is 5.91 Å². The van der Waals surface area contributed by atoms with Gasteiger partial charge in [0.05, 0.1) is 10.6 Å². The number of carboxylic acid groups (broad SMARTS) is 1. The average molecular weight is 534 g/mol. The molecule has 0 fully saturated rings. The van der Waals surface area contributed by atoms with E-state index in [-0.39, 0.29) is 17.1 Å². The molecule has 37 heavy (non-hydrogen) atoms. The van der Waals surface area contributed by atoms with E-state index in [1.807, 2.05) is 0 Å². The SMILES string of the molecule is CC(NC(=O)c1cc(Oc2cccc(/C=C/C(=O)Nc3ccc(Cl)c(C(F)(F)F)c3)c2)ccn1)C(=O)O. The van der Waals surface area contributed by atoms with Crippen molar-refractivity contribution in [2.45, 2.75) is 19.1 Å². The second-order valence-corrected chi connectivity index (χ2v) is 8.01. The highest BCUT2D eigenvalue weighted by atomic mass is 35.5. The predicted octanol–water partition coefficient (Wildman–Crippen LogP) is 5.40. The Hall–Kier alpha value is -4.38. The summed E-state index contributed by atoms with van der Waals surface area (Å²) in [5, 5.41) is 13.1. The van der Waals surface area contributed by atoms with Crippen molar-refractivity contribution in [3.8, 4) is 11.5 Å². The van der Waals surface area contributed by atoms with Gasteiger partial charge in [0.15, 0.2) is 0 Å². The molecule has 192 valence electrons. The molecule has 12 heteroatoms. The second-order valence-electron chi connectivity index (χ2n) is 7.60. The van der Waals surface area contributed by atoms with Crippen LogP contribution in [0.1, 0.15) is 28.5 Å². The molecule has 1 aromatic heterocycles. The first-order valence-corrected chi connectivity index (χ1v) is 10.9. The Kier molecular flexibility index (Phi) is 8.51. The molecular weight excluding hydrogens is 515 g/mol. The van der Waals surface area contributed by atoms with Crippen LogP contribution in [0.3, 0.4) is 0 Å². The Morgan fingerprint density at radius 2 is 1.81 bits per heavy atom. The van der Waals surface area contributed by atoms with E-state index in [1.54, 1.807) is 24.3 Å². The summed E-state index contributed by atoms with van der Waals surface area (Å²) in [4.78, 5) is 39.2. The summed E-state index contributed by atoms with van der Waals surface area (Å²) in [6.45, 7) is 1.31. The van der Waals surface area contributed by atoms with Crippen LogP contribution in [-0.4, -0.2) is 33.9 Å². The number of hydrogen-bond donors (Lipinski definition) is 3. The Morgan fingerprint density at radius 1 is 1.08 bits per heavy atom. The zero-order valence-corrected chi connectivity index (χ0v) is 19.8. The Morgan fingerprint density at radius 3 is 2.51 bits per heavy atom. The molecule has 0 bridgehead atoms. The largest absolute Gasteiger partial charge is 0.480 e. The molecule has 0 aliphatic rings. The molecule has 0 saturated carbocycles. The monoisotopic (exact) mass is 533 g/mol. The Labute approximate surface area is 213 Å². The molecule has 0 aliphatic heterocycles. The number of carboxylic acids is 1. The molecule has 2 amide bonds. The molecule has 3 rings (SSSR count). The van der Waals surface area contributed by atoms with Crippen LogP contribution >= 0.6 is 11.6 Å². The van der Waals surface area contributed by atoms with Gasteiger partial charge in [0.25, 0.3) is 5.91 Å². The van der Waals surface area contributed by atoms with Crippen molar-refractivity contribution in [1.29, 1.82) is 0 Å². The molecule has 0 radical (unpaired) electrons. The van der Waals surface area contributed by atoms with Crippen LogP contribution in [0.15, 0.2) is 66.9 Å². The molecule has 2 aromatic carbocycles. The number of carbonyl (C=O) groups is 3. The molecule has 8 nitrogen and oxygen atoms in total. The van der Waals surface area contributed by atoms with Crippen LogP contribution in [-0.2, 0) is 15.8 Å². The lowest BCUT2D eigenvalue weighted by Gasteiger charge is -2.11. The number of nitrogens with one attached hydrogen (secondary N) is 2. The molecule has 3 aromatic rings. The zero-order valence-electron chi connectivity index (χ0n) is 19.0. The standard InChI is InChI=1S/C25H19ClF3N3O5/c1-14(24(35)36)31-23(34)21-13-18(9-10-30-21)37-17-4-2-3-15(11-17)5-8-22(33)32-16-6-7-20(26)19(12-16)25(27,28)29/h2-14H,1H3,(H,31,34)(H,32,33)(H,35,36)/b8-5+. The smallest absolute Gasteiger partial charge is 0.417 e. The highest BCUT2D eigenvalue weighted by molar-refractivity contribution is 6.31. The van der Waals surface area contributed by atoms with Gasteiger partial charge in [-0.15, -0.1) is 0 Å². The third-order valence-electron chi connectivity index (χ3n) is 4.74. The van der Waals surface area contributed by atoms with Crippen LogP contribution in [0, 0.1) is 0 Å². The lowest BCUT2D eigenvalue weighted by molar-refractivity contribution is -0.139. The van der Waals surface area contributed by atoms with Crippen molar-refractivity contribution in [3.63, 3.8) is 0 Å². The van der Waals surface area contributed by atoms with E-state index in [4.69, 9.17) is 21.4 Å². The molecule has 0 aliphatic carbocycles. The number of amides is 2. The maximum Gasteiger partial charge on any atom is 0.417 e. The van der Waals surface area contributed by atoms with Crippen LogP contribution in [0.4, 0.5) is 18.9 Å². The lowest BCUT2D eigenvalue weighted by atomic mass is 10.2. The van der Waals surface area contributed by atoms with Gasteiger partial charge >= 0.3 is 12.1 Å². The maximum absolute atomic E-state index is 13.0. The fourth-order valence-corrected chi connectivity index (χ4v) is 3.15. The van der Waals surface area contributed by atoms with Crippen molar-refractivity contribution in [2.24, 2.45) is 0 Å². The first-order chi connectivity index (χ1) is 17.4. The van der Waals surface area contributed by atoms with E-state index in [0.29, 0.717) is 11.3 Å².